The number of hydrogen-bond donors (Lipinski definition) is 0. The third-order valence-corrected chi connectivity index (χ3v) is 8.04. The summed E-state index contributed by atoms with van der Waals surface area (Å²) in [5, 5.41) is 0. The van der Waals surface area contributed by atoms with E-state index in [2.05, 4.69) is 0 Å². The zero-order valence-corrected chi connectivity index (χ0v) is 26.9. The standard InChI is InChI=1S/C41H38O8/c42-39(33-22-12-4-13-23-33)48-38-37(46-28-32-20-10-3-11-21-32)36(45-27-31-18-8-2-9-19-31)35(29-44-26-30-16-6-1-7-17-30)47-41(38)49-40(43)34-24-14-5-15-25-34/h1-25,35-38,41H,26-29H2/t35-,36-,37+,38-,41+/m1/s1. The van der Waals surface area contributed by atoms with Gasteiger partial charge in [-0.15, -0.1) is 0 Å². The van der Waals surface area contributed by atoms with Crippen LogP contribution in [0.25, 0.3) is 0 Å². The zero-order chi connectivity index (χ0) is 33.7. The van der Waals surface area contributed by atoms with Gasteiger partial charge in [0.25, 0.3) is 0 Å². The fraction of sp³-hybridized carbons (Fsp3) is 0.220. The fourth-order valence-electron chi connectivity index (χ4n) is 5.54. The molecule has 1 heterocycles. The molecule has 1 saturated heterocycles. The molecule has 250 valence electrons. The molecule has 0 amide bonds. The smallest absolute Gasteiger partial charge is 0.340 e. The minimum Gasteiger partial charge on any atom is -0.449 e. The minimum atomic E-state index is -1.34. The molecule has 0 aliphatic carbocycles. The van der Waals surface area contributed by atoms with Crippen molar-refractivity contribution in [3.63, 3.8) is 0 Å². The first-order chi connectivity index (χ1) is 24.1. The molecule has 1 aliphatic heterocycles. The van der Waals surface area contributed by atoms with E-state index in [1.807, 2.05) is 97.1 Å². The SMILES string of the molecule is O=C(O[C@@H]1O[C@H](COCc2ccccc2)[C@@H](OCc2ccccc2)[C@H](OCc2ccccc2)[C@H]1OC(=O)c1ccccc1)c1ccccc1. The number of carbonyl (C=O) groups excluding carboxylic acids is 2. The first-order valence-corrected chi connectivity index (χ1v) is 16.2. The Bertz CT molecular complexity index is 1720. The van der Waals surface area contributed by atoms with Crippen LogP contribution in [0.15, 0.2) is 152 Å². The molecule has 1 aliphatic rings. The van der Waals surface area contributed by atoms with E-state index < -0.39 is 42.6 Å². The Kier molecular flexibility index (Phi) is 11.9. The zero-order valence-electron chi connectivity index (χ0n) is 26.9. The largest absolute Gasteiger partial charge is 0.449 e. The highest BCUT2D eigenvalue weighted by Gasteiger charge is 2.51. The first-order valence-electron chi connectivity index (χ1n) is 16.2. The van der Waals surface area contributed by atoms with Gasteiger partial charge in [0.15, 0.2) is 6.10 Å². The number of hydrogen-bond acceptors (Lipinski definition) is 8. The summed E-state index contributed by atoms with van der Waals surface area (Å²) in [6.45, 7) is 0.803. The third-order valence-electron chi connectivity index (χ3n) is 8.04. The van der Waals surface area contributed by atoms with Crippen molar-refractivity contribution in [1.82, 2.24) is 0 Å². The van der Waals surface area contributed by atoms with Crippen LogP contribution >= 0.6 is 0 Å². The Labute approximate surface area is 286 Å². The Morgan fingerprint density at radius 3 is 1.37 bits per heavy atom. The van der Waals surface area contributed by atoms with Crippen LogP contribution in [0.5, 0.6) is 0 Å². The molecule has 0 radical (unpaired) electrons. The predicted molar refractivity (Wildman–Crippen MR) is 182 cm³/mol. The van der Waals surface area contributed by atoms with Crippen LogP contribution in [-0.2, 0) is 48.2 Å². The Morgan fingerprint density at radius 2 is 0.878 bits per heavy atom. The lowest BCUT2D eigenvalue weighted by Crippen LogP contribution is -2.62. The molecule has 5 aromatic carbocycles. The van der Waals surface area contributed by atoms with Crippen LogP contribution in [0.2, 0.25) is 0 Å². The second-order valence-corrected chi connectivity index (χ2v) is 11.6. The van der Waals surface area contributed by atoms with E-state index in [1.165, 1.54) is 0 Å². The molecular formula is C41H38O8. The van der Waals surface area contributed by atoms with E-state index in [-0.39, 0.29) is 19.8 Å². The molecule has 8 nitrogen and oxygen atoms in total. The van der Waals surface area contributed by atoms with Crippen molar-refractivity contribution in [1.29, 1.82) is 0 Å². The molecule has 1 fully saturated rings. The Morgan fingerprint density at radius 1 is 0.469 bits per heavy atom. The van der Waals surface area contributed by atoms with Crippen molar-refractivity contribution in [3.8, 4) is 0 Å². The maximum absolute atomic E-state index is 13.6. The van der Waals surface area contributed by atoms with Gasteiger partial charge < -0.3 is 28.4 Å². The molecule has 6 rings (SSSR count). The molecule has 0 unspecified atom stereocenters. The third kappa shape index (κ3) is 9.49. The molecule has 5 aromatic rings. The van der Waals surface area contributed by atoms with Gasteiger partial charge in [-0.1, -0.05) is 127 Å². The molecule has 49 heavy (non-hydrogen) atoms. The lowest BCUT2D eigenvalue weighted by Gasteiger charge is -2.45. The topological polar surface area (TPSA) is 89.5 Å². The van der Waals surface area contributed by atoms with Gasteiger partial charge in [0.1, 0.15) is 18.3 Å². The van der Waals surface area contributed by atoms with E-state index in [0.29, 0.717) is 17.7 Å². The average Bonchev–Trinajstić information content (AvgIpc) is 3.16. The number of rotatable bonds is 14. The molecule has 0 bridgehead atoms. The lowest BCUT2D eigenvalue weighted by molar-refractivity contribution is -0.304. The molecule has 0 spiro atoms. The lowest BCUT2D eigenvalue weighted by atomic mass is 9.97. The molecule has 0 N–H and O–H groups in total. The van der Waals surface area contributed by atoms with Crippen LogP contribution < -0.4 is 0 Å². The highest BCUT2D eigenvalue weighted by molar-refractivity contribution is 5.90. The summed E-state index contributed by atoms with van der Waals surface area (Å²) in [5.41, 5.74) is 3.47. The van der Waals surface area contributed by atoms with Crippen LogP contribution in [0.3, 0.4) is 0 Å². The van der Waals surface area contributed by atoms with Gasteiger partial charge in [0.2, 0.25) is 6.29 Å². The Balaban J connectivity index is 1.34. The molecule has 0 saturated carbocycles. The van der Waals surface area contributed by atoms with E-state index in [0.717, 1.165) is 16.7 Å². The highest BCUT2D eigenvalue weighted by Crippen LogP contribution is 2.32. The van der Waals surface area contributed by atoms with Crippen molar-refractivity contribution < 1.29 is 38.0 Å². The van der Waals surface area contributed by atoms with Gasteiger partial charge in [-0.3, -0.25) is 0 Å². The van der Waals surface area contributed by atoms with E-state index >= 15 is 0 Å². The number of benzene rings is 5. The van der Waals surface area contributed by atoms with Crippen molar-refractivity contribution >= 4 is 11.9 Å². The van der Waals surface area contributed by atoms with Gasteiger partial charge >= 0.3 is 11.9 Å². The average molecular weight is 659 g/mol. The van der Waals surface area contributed by atoms with Crippen molar-refractivity contribution in [3.05, 3.63) is 179 Å². The minimum absolute atomic E-state index is 0.0816. The molecule has 5 atom stereocenters. The van der Waals surface area contributed by atoms with Gasteiger partial charge in [-0.2, -0.15) is 0 Å². The highest BCUT2D eigenvalue weighted by atomic mass is 16.7. The van der Waals surface area contributed by atoms with Crippen molar-refractivity contribution in [2.45, 2.75) is 50.5 Å². The van der Waals surface area contributed by atoms with Crippen LogP contribution in [0.1, 0.15) is 37.4 Å². The summed E-state index contributed by atoms with van der Waals surface area (Å²) in [5.74, 6) is -1.26. The molecule has 8 heteroatoms. The second-order valence-electron chi connectivity index (χ2n) is 11.6. The summed E-state index contributed by atoms with van der Waals surface area (Å²) >= 11 is 0. The van der Waals surface area contributed by atoms with Gasteiger partial charge in [0.05, 0.1) is 37.6 Å². The van der Waals surface area contributed by atoms with Crippen molar-refractivity contribution in [2.75, 3.05) is 6.61 Å². The quantitative estimate of drug-likeness (QED) is 0.116. The molecule has 0 aromatic heterocycles. The first kappa shape index (κ1) is 33.8. The summed E-state index contributed by atoms with van der Waals surface area (Å²) in [6, 6.07) is 46.3. The van der Waals surface area contributed by atoms with Gasteiger partial charge in [-0.05, 0) is 41.0 Å². The summed E-state index contributed by atoms with van der Waals surface area (Å²) in [7, 11) is 0. The number of ether oxygens (including phenoxy) is 6. The fourth-order valence-corrected chi connectivity index (χ4v) is 5.54. The van der Waals surface area contributed by atoms with E-state index in [9.17, 15) is 9.59 Å². The van der Waals surface area contributed by atoms with Gasteiger partial charge in [-0.25, -0.2) is 9.59 Å². The normalized spacial score (nSPS) is 20.3. The second kappa shape index (κ2) is 17.3. The maximum Gasteiger partial charge on any atom is 0.340 e. The van der Waals surface area contributed by atoms with Crippen molar-refractivity contribution in [2.24, 2.45) is 0 Å². The number of esters is 2. The van der Waals surface area contributed by atoms with E-state index in [4.69, 9.17) is 28.4 Å². The summed E-state index contributed by atoms with van der Waals surface area (Å²) < 4.78 is 38.0. The van der Waals surface area contributed by atoms with Gasteiger partial charge in [0, 0.05) is 0 Å². The monoisotopic (exact) mass is 658 g/mol. The number of carbonyl (C=O) groups is 2. The Hall–Kier alpha value is -5.12. The molecular weight excluding hydrogens is 620 g/mol. The van der Waals surface area contributed by atoms with Crippen LogP contribution in [-0.4, -0.2) is 49.3 Å². The summed E-state index contributed by atoms with van der Waals surface area (Å²) in [4.78, 5) is 27.0. The summed E-state index contributed by atoms with van der Waals surface area (Å²) in [6.07, 6.45) is -5.03. The maximum atomic E-state index is 13.6. The van der Waals surface area contributed by atoms with Crippen LogP contribution in [0, 0.1) is 0 Å². The predicted octanol–water partition coefficient (Wildman–Crippen LogP) is 7.18. The van der Waals surface area contributed by atoms with E-state index in [1.54, 1.807) is 54.6 Å². The van der Waals surface area contributed by atoms with Crippen LogP contribution in [0.4, 0.5) is 0 Å².